The van der Waals surface area contributed by atoms with Crippen LogP contribution >= 0.6 is 7.60 Å². The fourth-order valence-electron chi connectivity index (χ4n) is 3.66. The van der Waals surface area contributed by atoms with Crippen LogP contribution in [-0.2, 0) is 4.57 Å². The molecule has 0 unspecified atom stereocenters. The lowest BCUT2D eigenvalue weighted by Crippen LogP contribution is -2.17. The van der Waals surface area contributed by atoms with Crippen LogP contribution in [0, 0.1) is 11.8 Å². The number of rotatable bonds is 7. The highest BCUT2D eigenvalue weighted by Crippen LogP contribution is 2.42. The van der Waals surface area contributed by atoms with E-state index < -0.39 is 7.60 Å². The Morgan fingerprint density at radius 2 is 2.00 bits per heavy atom. The van der Waals surface area contributed by atoms with E-state index in [2.05, 4.69) is 27.6 Å². The molecule has 0 spiro atoms. The number of nitrogens with zero attached hydrogens (tertiary/aromatic N) is 4. The van der Waals surface area contributed by atoms with E-state index in [1.807, 2.05) is 16.7 Å². The molecule has 1 saturated carbocycles. The number of fused-ring (bicyclic) bond motifs is 1. The highest BCUT2D eigenvalue weighted by atomic mass is 31.2. The summed E-state index contributed by atoms with van der Waals surface area (Å²) in [5.74, 6) is 0.709. The lowest BCUT2D eigenvalue weighted by molar-refractivity contribution is 0.278. The molecule has 2 N–H and O–H groups in total. The number of aromatic nitrogens is 4. The van der Waals surface area contributed by atoms with Crippen LogP contribution in [0.15, 0.2) is 49.7 Å². The van der Waals surface area contributed by atoms with Gasteiger partial charge in [0.25, 0.3) is 0 Å². The number of imidazole rings is 1. The molecule has 1 aliphatic rings. The molecule has 27 heavy (non-hydrogen) atoms. The molecule has 0 aromatic carbocycles. The summed E-state index contributed by atoms with van der Waals surface area (Å²) < 4.78 is 13.1. The number of hydrogen-bond donors (Lipinski definition) is 2. The van der Waals surface area contributed by atoms with Gasteiger partial charge >= 0.3 is 7.60 Å². The van der Waals surface area contributed by atoms with Crippen molar-refractivity contribution in [1.82, 2.24) is 19.5 Å². The molecule has 0 amide bonds. The van der Waals surface area contributed by atoms with Crippen molar-refractivity contribution in [3.8, 4) is 0 Å². The van der Waals surface area contributed by atoms with Crippen LogP contribution in [0.5, 0.6) is 0 Å². The normalized spacial score (nSPS) is 21.8. The van der Waals surface area contributed by atoms with Crippen molar-refractivity contribution in [3.05, 3.63) is 49.7 Å². The van der Waals surface area contributed by atoms with Crippen LogP contribution in [0.25, 0.3) is 16.9 Å². The molecule has 3 rings (SSSR count). The molecule has 2 heterocycles. The molecule has 2 aromatic heterocycles. The van der Waals surface area contributed by atoms with Gasteiger partial charge in [-0.2, -0.15) is 0 Å². The fourth-order valence-corrected chi connectivity index (χ4v) is 4.70. The Bertz CT molecular complexity index is 891. The second-order valence-corrected chi connectivity index (χ2v) is 8.74. The summed E-state index contributed by atoms with van der Waals surface area (Å²) in [5.41, 5.74) is 2.42. The standard InChI is InChI=1S/C19H25N4O3P/c1-2-4-17(23-14-22-18-11-20-13-21-19(18)23)6-3-5-15-7-9-16(10-8-15)12-27(24,25)26/h2-4,6,11,13-16H,1,5,7-10,12H2,(H2,24,25,26)/b6-3-,17-4+/t15-,16-. The van der Waals surface area contributed by atoms with E-state index in [0.29, 0.717) is 5.92 Å². The lowest BCUT2D eigenvalue weighted by Gasteiger charge is -2.27. The minimum absolute atomic E-state index is 0.0251. The average molecular weight is 388 g/mol. The number of allylic oxidation sites excluding steroid dienone is 5. The molecule has 0 saturated heterocycles. The summed E-state index contributed by atoms with van der Waals surface area (Å²) >= 11 is 0. The van der Waals surface area contributed by atoms with Crippen molar-refractivity contribution in [2.75, 3.05) is 6.16 Å². The van der Waals surface area contributed by atoms with Gasteiger partial charge in [-0.15, -0.1) is 0 Å². The molecule has 0 bridgehead atoms. The zero-order chi connectivity index (χ0) is 19.3. The molecule has 0 aliphatic heterocycles. The van der Waals surface area contributed by atoms with E-state index in [4.69, 9.17) is 9.79 Å². The SMILES string of the molecule is C=C/C=C(\C=C/C[C@H]1CC[C@H](CP(=O)(O)O)CC1)n1cnc2cncnc21. The van der Waals surface area contributed by atoms with Gasteiger partial charge in [0, 0.05) is 5.70 Å². The Kier molecular flexibility index (Phi) is 6.37. The summed E-state index contributed by atoms with van der Waals surface area (Å²) in [4.78, 5) is 30.9. The summed E-state index contributed by atoms with van der Waals surface area (Å²) in [7, 11) is -3.89. The summed E-state index contributed by atoms with van der Waals surface area (Å²) in [6.07, 6.45) is 17.5. The largest absolute Gasteiger partial charge is 0.325 e. The van der Waals surface area contributed by atoms with Gasteiger partial charge in [0.1, 0.15) is 18.2 Å². The minimum Gasteiger partial charge on any atom is -0.324 e. The maximum atomic E-state index is 11.1. The van der Waals surface area contributed by atoms with Crippen molar-refractivity contribution in [2.45, 2.75) is 32.1 Å². The molecule has 0 radical (unpaired) electrons. The Balaban J connectivity index is 1.60. The van der Waals surface area contributed by atoms with Crippen LogP contribution in [0.1, 0.15) is 32.1 Å². The van der Waals surface area contributed by atoms with Crippen LogP contribution in [0.2, 0.25) is 0 Å². The van der Waals surface area contributed by atoms with Gasteiger partial charge < -0.3 is 9.79 Å². The first-order chi connectivity index (χ1) is 13.0. The Morgan fingerprint density at radius 3 is 2.70 bits per heavy atom. The van der Waals surface area contributed by atoms with E-state index in [1.54, 1.807) is 18.6 Å². The Hall–Kier alpha value is -2.08. The Morgan fingerprint density at radius 1 is 1.26 bits per heavy atom. The van der Waals surface area contributed by atoms with Gasteiger partial charge in [0.15, 0.2) is 5.65 Å². The van der Waals surface area contributed by atoms with Crippen LogP contribution < -0.4 is 0 Å². The quantitative estimate of drug-likeness (QED) is 0.553. The molecule has 8 heteroatoms. The van der Waals surface area contributed by atoms with Crippen molar-refractivity contribution >= 4 is 24.5 Å². The molecular weight excluding hydrogens is 363 g/mol. The third kappa shape index (κ3) is 5.45. The molecule has 0 atom stereocenters. The maximum absolute atomic E-state index is 11.1. The first-order valence-corrected chi connectivity index (χ1v) is 10.9. The van der Waals surface area contributed by atoms with Crippen molar-refractivity contribution in [2.24, 2.45) is 11.8 Å². The van der Waals surface area contributed by atoms with Crippen molar-refractivity contribution < 1.29 is 14.4 Å². The summed E-state index contributed by atoms with van der Waals surface area (Å²) in [5, 5.41) is 0. The van der Waals surface area contributed by atoms with Gasteiger partial charge in [-0.1, -0.05) is 18.7 Å². The van der Waals surface area contributed by atoms with Crippen LogP contribution in [0.3, 0.4) is 0 Å². The van der Waals surface area contributed by atoms with Gasteiger partial charge in [-0.05, 0) is 56.1 Å². The van der Waals surface area contributed by atoms with Crippen molar-refractivity contribution in [3.63, 3.8) is 0 Å². The van der Waals surface area contributed by atoms with Gasteiger partial charge in [0.05, 0.1) is 12.4 Å². The zero-order valence-corrected chi connectivity index (χ0v) is 16.1. The molecule has 1 fully saturated rings. The highest BCUT2D eigenvalue weighted by molar-refractivity contribution is 7.51. The Labute approximate surface area is 158 Å². The third-order valence-corrected chi connectivity index (χ3v) is 5.99. The smallest absolute Gasteiger partial charge is 0.324 e. The molecule has 7 nitrogen and oxygen atoms in total. The van der Waals surface area contributed by atoms with Crippen LogP contribution in [0.4, 0.5) is 0 Å². The number of hydrogen-bond acceptors (Lipinski definition) is 4. The average Bonchev–Trinajstić information content (AvgIpc) is 3.05. The fraction of sp³-hybridized carbons (Fsp3) is 0.421. The highest BCUT2D eigenvalue weighted by Gasteiger charge is 2.26. The van der Waals surface area contributed by atoms with Gasteiger partial charge in [0.2, 0.25) is 0 Å². The first-order valence-electron chi connectivity index (χ1n) is 9.13. The second kappa shape index (κ2) is 8.74. The predicted molar refractivity (Wildman–Crippen MR) is 106 cm³/mol. The second-order valence-electron chi connectivity index (χ2n) is 7.05. The molecule has 1 aliphatic carbocycles. The van der Waals surface area contributed by atoms with E-state index in [1.165, 1.54) is 6.33 Å². The molecule has 2 aromatic rings. The van der Waals surface area contributed by atoms with Crippen molar-refractivity contribution in [1.29, 1.82) is 0 Å². The van der Waals surface area contributed by atoms with Gasteiger partial charge in [-0.25, -0.2) is 15.0 Å². The lowest BCUT2D eigenvalue weighted by atomic mass is 9.81. The third-order valence-electron chi connectivity index (χ3n) is 5.00. The zero-order valence-electron chi connectivity index (χ0n) is 15.2. The predicted octanol–water partition coefficient (Wildman–Crippen LogP) is 3.78. The van der Waals surface area contributed by atoms with Crippen LogP contribution in [-0.4, -0.2) is 35.5 Å². The minimum atomic E-state index is -3.89. The van der Waals surface area contributed by atoms with E-state index in [-0.39, 0.29) is 12.1 Å². The summed E-state index contributed by atoms with van der Waals surface area (Å²) in [6, 6.07) is 0. The molecular formula is C19H25N4O3P. The van der Waals surface area contributed by atoms with E-state index in [9.17, 15) is 4.57 Å². The maximum Gasteiger partial charge on any atom is 0.325 e. The van der Waals surface area contributed by atoms with E-state index in [0.717, 1.165) is 49.0 Å². The van der Waals surface area contributed by atoms with Gasteiger partial charge in [-0.3, -0.25) is 9.13 Å². The summed E-state index contributed by atoms with van der Waals surface area (Å²) in [6.45, 7) is 3.79. The topological polar surface area (TPSA) is 101 Å². The van der Waals surface area contributed by atoms with E-state index >= 15 is 0 Å². The monoisotopic (exact) mass is 388 g/mol. The first kappa shape index (κ1) is 19.7. The molecule has 144 valence electrons.